The topological polar surface area (TPSA) is 60.7 Å². The molecule has 0 bridgehead atoms. The van der Waals surface area contributed by atoms with Crippen LogP contribution in [0.3, 0.4) is 0 Å². The van der Waals surface area contributed by atoms with E-state index in [1.165, 1.54) is 6.07 Å². The Bertz CT molecular complexity index is 402. The maximum absolute atomic E-state index is 10.7. The summed E-state index contributed by atoms with van der Waals surface area (Å²) in [6.45, 7) is 7.83. The molecule has 0 aromatic heterocycles. The van der Waals surface area contributed by atoms with Gasteiger partial charge in [0.2, 0.25) is 0 Å². The normalized spacial score (nSPS) is 15.2. The summed E-state index contributed by atoms with van der Waals surface area (Å²) < 4.78 is 0. The molecule has 0 amide bonds. The predicted molar refractivity (Wildman–Crippen MR) is 77.6 cm³/mol. The predicted octanol–water partition coefficient (Wildman–Crippen LogP) is 3.71. The SMILES string of the molecule is CCCCCC(C)(O)C(C)(C)c1cc(O)cc(O)c1. The average molecular weight is 266 g/mol. The molecule has 3 heteroatoms. The van der Waals surface area contributed by atoms with Crippen molar-refractivity contribution in [2.75, 3.05) is 0 Å². The minimum atomic E-state index is -0.887. The number of rotatable bonds is 6. The molecule has 1 rings (SSSR count). The molecule has 1 aromatic carbocycles. The van der Waals surface area contributed by atoms with Gasteiger partial charge in [0.1, 0.15) is 11.5 Å². The van der Waals surface area contributed by atoms with Crippen molar-refractivity contribution in [3.05, 3.63) is 23.8 Å². The van der Waals surface area contributed by atoms with Crippen molar-refractivity contribution in [3.63, 3.8) is 0 Å². The maximum atomic E-state index is 10.7. The van der Waals surface area contributed by atoms with E-state index in [1.54, 1.807) is 12.1 Å². The van der Waals surface area contributed by atoms with E-state index in [0.717, 1.165) is 24.8 Å². The highest BCUT2D eigenvalue weighted by atomic mass is 16.3. The summed E-state index contributed by atoms with van der Waals surface area (Å²) in [5.74, 6) is 0.0415. The Morgan fingerprint density at radius 1 is 0.947 bits per heavy atom. The molecular formula is C16H26O3. The van der Waals surface area contributed by atoms with Gasteiger partial charge in [0, 0.05) is 11.5 Å². The summed E-state index contributed by atoms with van der Waals surface area (Å²) in [6, 6.07) is 4.51. The van der Waals surface area contributed by atoms with Crippen molar-refractivity contribution in [1.29, 1.82) is 0 Å². The molecule has 0 saturated heterocycles. The van der Waals surface area contributed by atoms with Gasteiger partial charge in [-0.3, -0.25) is 0 Å². The first-order chi connectivity index (χ1) is 8.70. The van der Waals surface area contributed by atoms with E-state index in [2.05, 4.69) is 6.92 Å². The van der Waals surface area contributed by atoms with Crippen LogP contribution >= 0.6 is 0 Å². The van der Waals surface area contributed by atoms with E-state index < -0.39 is 11.0 Å². The van der Waals surface area contributed by atoms with Crippen LogP contribution in [0.4, 0.5) is 0 Å². The molecule has 0 aliphatic carbocycles. The van der Waals surface area contributed by atoms with Gasteiger partial charge in [-0.25, -0.2) is 0 Å². The first kappa shape index (κ1) is 15.8. The summed E-state index contributed by atoms with van der Waals surface area (Å²) in [5.41, 5.74) is -0.689. The largest absolute Gasteiger partial charge is 0.508 e. The molecule has 0 aliphatic rings. The minimum absolute atomic E-state index is 0.0208. The molecule has 0 saturated carbocycles. The molecule has 1 atom stereocenters. The number of phenolic OH excluding ortho intramolecular Hbond substituents is 2. The summed E-state index contributed by atoms with van der Waals surface area (Å²) in [7, 11) is 0. The van der Waals surface area contributed by atoms with Crippen molar-refractivity contribution in [3.8, 4) is 11.5 Å². The lowest BCUT2D eigenvalue weighted by molar-refractivity contribution is -0.0183. The first-order valence-corrected chi connectivity index (χ1v) is 6.96. The van der Waals surface area contributed by atoms with Gasteiger partial charge >= 0.3 is 0 Å². The lowest BCUT2D eigenvalue weighted by Gasteiger charge is -2.41. The van der Waals surface area contributed by atoms with Crippen molar-refractivity contribution in [1.82, 2.24) is 0 Å². The molecule has 19 heavy (non-hydrogen) atoms. The molecule has 0 aliphatic heterocycles. The highest BCUT2D eigenvalue weighted by Crippen LogP contribution is 2.40. The zero-order valence-electron chi connectivity index (χ0n) is 12.4. The van der Waals surface area contributed by atoms with E-state index in [-0.39, 0.29) is 11.5 Å². The Hall–Kier alpha value is -1.22. The van der Waals surface area contributed by atoms with Gasteiger partial charge in [-0.2, -0.15) is 0 Å². The van der Waals surface area contributed by atoms with Crippen LogP contribution in [0.1, 0.15) is 58.9 Å². The summed E-state index contributed by atoms with van der Waals surface area (Å²) in [4.78, 5) is 0. The Morgan fingerprint density at radius 3 is 1.95 bits per heavy atom. The van der Waals surface area contributed by atoms with Crippen molar-refractivity contribution >= 4 is 0 Å². The van der Waals surface area contributed by atoms with E-state index in [9.17, 15) is 15.3 Å². The van der Waals surface area contributed by atoms with Gasteiger partial charge in [-0.05, 0) is 31.0 Å². The standard InChI is InChI=1S/C16H26O3/c1-5-6-7-8-16(4,19)15(2,3)12-9-13(17)11-14(18)10-12/h9-11,17-19H,5-8H2,1-4H3. The van der Waals surface area contributed by atoms with E-state index in [1.807, 2.05) is 20.8 Å². The number of aliphatic hydroxyl groups is 1. The molecule has 108 valence electrons. The summed E-state index contributed by atoms with van der Waals surface area (Å²) >= 11 is 0. The van der Waals surface area contributed by atoms with Crippen LogP contribution in [-0.2, 0) is 5.41 Å². The van der Waals surface area contributed by atoms with Gasteiger partial charge in [0.15, 0.2) is 0 Å². The lowest BCUT2D eigenvalue weighted by atomic mass is 9.69. The molecule has 0 fully saturated rings. The molecule has 3 N–H and O–H groups in total. The number of benzene rings is 1. The van der Waals surface area contributed by atoms with Gasteiger partial charge in [-0.1, -0.05) is 40.0 Å². The first-order valence-electron chi connectivity index (χ1n) is 6.96. The fourth-order valence-corrected chi connectivity index (χ4v) is 2.30. The van der Waals surface area contributed by atoms with Crippen LogP contribution in [0, 0.1) is 0 Å². The van der Waals surface area contributed by atoms with Crippen molar-refractivity contribution in [2.45, 2.75) is 64.4 Å². The number of unbranched alkanes of at least 4 members (excludes halogenated alkanes) is 2. The Morgan fingerprint density at radius 2 is 1.47 bits per heavy atom. The number of hydrogen-bond donors (Lipinski definition) is 3. The molecular weight excluding hydrogens is 240 g/mol. The van der Waals surface area contributed by atoms with E-state index >= 15 is 0 Å². The van der Waals surface area contributed by atoms with Gasteiger partial charge in [0.05, 0.1) is 5.60 Å². The van der Waals surface area contributed by atoms with Gasteiger partial charge in [-0.15, -0.1) is 0 Å². The average Bonchev–Trinajstić information content (AvgIpc) is 2.27. The van der Waals surface area contributed by atoms with Crippen LogP contribution in [0.2, 0.25) is 0 Å². The molecule has 3 nitrogen and oxygen atoms in total. The lowest BCUT2D eigenvalue weighted by Crippen LogP contribution is -2.45. The maximum Gasteiger partial charge on any atom is 0.119 e. The van der Waals surface area contributed by atoms with Crippen LogP contribution < -0.4 is 0 Å². The highest BCUT2D eigenvalue weighted by molar-refractivity contribution is 5.41. The second-order valence-electron chi connectivity index (χ2n) is 6.09. The number of aromatic hydroxyl groups is 2. The molecule has 0 spiro atoms. The van der Waals surface area contributed by atoms with Gasteiger partial charge in [0.25, 0.3) is 0 Å². The number of hydrogen-bond acceptors (Lipinski definition) is 3. The van der Waals surface area contributed by atoms with Crippen molar-refractivity contribution < 1.29 is 15.3 Å². The zero-order valence-corrected chi connectivity index (χ0v) is 12.4. The Balaban J connectivity index is 3.00. The Kier molecular flexibility index (Phi) is 4.86. The van der Waals surface area contributed by atoms with Crippen LogP contribution in [-0.4, -0.2) is 20.9 Å². The van der Waals surface area contributed by atoms with Crippen LogP contribution in [0.15, 0.2) is 18.2 Å². The molecule has 1 aromatic rings. The third-order valence-corrected chi connectivity index (χ3v) is 4.24. The number of phenols is 2. The van der Waals surface area contributed by atoms with Gasteiger partial charge < -0.3 is 15.3 Å². The van der Waals surface area contributed by atoms with Crippen LogP contribution in [0.25, 0.3) is 0 Å². The molecule has 0 radical (unpaired) electrons. The Labute approximate surface area is 115 Å². The quantitative estimate of drug-likeness (QED) is 0.688. The third-order valence-electron chi connectivity index (χ3n) is 4.24. The molecule has 0 heterocycles. The zero-order chi connectivity index (χ0) is 14.7. The molecule has 1 unspecified atom stereocenters. The van der Waals surface area contributed by atoms with Crippen LogP contribution in [0.5, 0.6) is 11.5 Å². The second kappa shape index (κ2) is 5.83. The van der Waals surface area contributed by atoms with Crippen molar-refractivity contribution in [2.24, 2.45) is 0 Å². The second-order valence-corrected chi connectivity index (χ2v) is 6.09. The third kappa shape index (κ3) is 3.63. The minimum Gasteiger partial charge on any atom is -0.508 e. The highest BCUT2D eigenvalue weighted by Gasteiger charge is 2.40. The summed E-state index contributed by atoms with van der Waals surface area (Å²) in [6.07, 6.45) is 3.88. The summed E-state index contributed by atoms with van der Waals surface area (Å²) in [5, 5.41) is 29.9. The monoisotopic (exact) mass is 266 g/mol. The fourth-order valence-electron chi connectivity index (χ4n) is 2.30. The van der Waals surface area contributed by atoms with E-state index in [4.69, 9.17) is 0 Å². The van der Waals surface area contributed by atoms with E-state index in [0.29, 0.717) is 6.42 Å². The smallest absolute Gasteiger partial charge is 0.119 e. The fraction of sp³-hybridized carbons (Fsp3) is 0.625.